The van der Waals surface area contributed by atoms with Gasteiger partial charge in [0.25, 0.3) is 0 Å². The average molecular weight is 214 g/mol. The van der Waals surface area contributed by atoms with Gasteiger partial charge in [-0.05, 0) is 12.1 Å². The second-order valence-electron chi connectivity index (χ2n) is 3.11. The van der Waals surface area contributed by atoms with E-state index >= 15 is 0 Å². The molecule has 76 valence electrons. The van der Waals surface area contributed by atoms with Crippen molar-refractivity contribution < 1.29 is 4.52 Å². The Kier molecular flexibility index (Phi) is 2.86. The predicted molar refractivity (Wildman–Crippen MR) is 60.0 cm³/mol. The van der Waals surface area contributed by atoms with Gasteiger partial charge >= 0.3 is 0 Å². The lowest BCUT2D eigenvalue weighted by Gasteiger charge is -2.12. The van der Waals surface area contributed by atoms with Crippen LogP contribution in [0.3, 0.4) is 0 Å². The highest BCUT2D eigenvalue weighted by Crippen LogP contribution is 2.29. The summed E-state index contributed by atoms with van der Waals surface area (Å²) in [5.74, 6) is 0.444. The topological polar surface area (TPSA) is 55.3 Å². The molecule has 0 spiro atoms. The third kappa shape index (κ3) is 1.48. The zero-order valence-corrected chi connectivity index (χ0v) is 8.84. The van der Waals surface area contributed by atoms with Crippen LogP contribution in [0.1, 0.15) is 0 Å². The number of nitrogen functional groups attached to an aromatic ring is 1. The Balaban J connectivity index is 0.000000980. The molecular weight excluding hydrogens is 202 g/mol. The summed E-state index contributed by atoms with van der Waals surface area (Å²) < 4.78 is 5.04. The van der Waals surface area contributed by atoms with Gasteiger partial charge in [-0.3, -0.25) is 0 Å². The van der Waals surface area contributed by atoms with E-state index in [2.05, 4.69) is 5.16 Å². The molecule has 0 atom stereocenters. The highest BCUT2D eigenvalue weighted by atomic mass is 35.5. The van der Waals surface area contributed by atoms with Crippen LogP contribution in [0.4, 0.5) is 11.5 Å². The summed E-state index contributed by atoms with van der Waals surface area (Å²) in [5.41, 5.74) is 7.43. The number of hydrogen-bond acceptors (Lipinski definition) is 4. The standard InChI is InChI=1S/C9H11N3O.ClH/c1-12(2)6-4-3-5-7-8(6)9(10)11-13-7;/h3-5H,1-2H3,(H2,10,11);1H. The third-order valence-corrected chi connectivity index (χ3v) is 1.98. The van der Waals surface area contributed by atoms with Crippen molar-refractivity contribution in [2.45, 2.75) is 0 Å². The van der Waals surface area contributed by atoms with Crippen molar-refractivity contribution in [3.63, 3.8) is 0 Å². The summed E-state index contributed by atoms with van der Waals surface area (Å²) in [6.07, 6.45) is 0. The summed E-state index contributed by atoms with van der Waals surface area (Å²) in [6.45, 7) is 0. The molecule has 2 aromatic rings. The Bertz CT molecular complexity index is 439. The molecule has 0 saturated carbocycles. The molecule has 0 fully saturated rings. The number of hydrogen-bond donors (Lipinski definition) is 1. The van der Waals surface area contributed by atoms with Crippen molar-refractivity contribution in [1.82, 2.24) is 5.16 Å². The van der Waals surface area contributed by atoms with E-state index in [-0.39, 0.29) is 12.4 Å². The Morgan fingerprint density at radius 3 is 2.71 bits per heavy atom. The smallest absolute Gasteiger partial charge is 0.176 e. The largest absolute Gasteiger partial charge is 0.380 e. The average Bonchev–Trinajstić information content (AvgIpc) is 2.48. The first kappa shape index (κ1) is 10.7. The normalized spacial score (nSPS) is 9.86. The Hall–Kier alpha value is -1.42. The fourth-order valence-electron chi connectivity index (χ4n) is 1.37. The molecule has 0 bridgehead atoms. The van der Waals surface area contributed by atoms with Gasteiger partial charge in [-0.2, -0.15) is 0 Å². The summed E-state index contributed by atoms with van der Waals surface area (Å²) in [7, 11) is 3.92. The first-order valence-corrected chi connectivity index (χ1v) is 4.01. The van der Waals surface area contributed by atoms with Crippen LogP contribution in [0.5, 0.6) is 0 Å². The maximum Gasteiger partial charge on any atom is 0.176 e. The van der Waals surface area contributed by atoms with Gasteiger partial charge in [0.05, 0.1) is 11.1 Å². The van der Waals surface area contributed by atoms with Crippen LogP contribution in [-0.4, -0.2) is 19.3 Å². The molecule has 2 N–H and O–H groups in total. The third-order valence-electron chi connectivity index (χ3n) is 1.98. The molecule has 1 aromatic carbocycles. The molecule has 5 heteroatoms. The number of aromatic nitrogens is 1. The lowest BCUT2D eigenvalue weighted by molar-refractivity contribution is 0.460. The van der Waals surface area contributed by atoms with E-state index in [1.807, 2.05) is 37.2 Å². The molecule has 0 amide bonds. The van der Waals surface area contributed by atoms with Gasteiger partial charge in [-0.1, -0.05) is 11.2 Å². The van der Waals surface area contributed by atoms with E-state index in [1.54, 1.807) is 0 Å². The molecule has 0 aliphatic carbocycles. The molecule has 1 heterocycles. The van der Waals surface area contributed by atoms with Crippen molar-refractivity contribution in [1.29, 1.82) is 0 Å². The highest BCUT2D eigenvalue weighted by Gasteiger charge is 2.10. The number of nitrogens with two attached hydrogens (primary N) is 1. The van der Waals surface area contributed by atoms with E-state index in [9.17, 15) is 0 Å². The van der Waals surface area contributed by atoms with Crippen molar-refractivity contribution in [3.8, 4) is 0 Å². The van der Waals surface area contributed by atoms with Gasteiger partial charge in [0.15, 0.2) is 11.4 Å². The molecule has 0 aliphatic rings. The van der Waals surface area contributed by atoms with Crippen LogP contribution >= 0.6 is 12.4 Å². The molecule has 0 unspecified atom stereocenters. The fourth-order valence-corrected chi connectivity index (χ4v) is 1.37. The maximum atomic E-state index is 5.68. The van der Waals surface area contributed by atoms with Crippen LogP contribution in [-0.2, 0) is 0 Å². The molecule has 0 saturated heterocycles. The van der Waals surface area contributed by atoms with E-state index in [0.717, 1.165) is 16.7 Å². The minimum absolute atomic E-state index is 0. The van der Waals surface area contributed by atoms with Crippen LogP contribution in [0.25, 0.3) is 11.0 Å². The van der Waals surface area contributed by atoms with Crippen molar-refractivity contribution in [3.05, 3.63) is 18.2 Å². The second kappa shape index (κ2) is 3.75. The highest BCUT2D eigenvalue weighted by molar-refractivity contribution is 5.98. The number of rotatable bonds is 1. The molecule has 14 heavy (non-hydrogen) atoms. The molecule has 4 nitrogen and oxygen atoms in total. The number of fused-ring (bicyclic) bond motifs is 1. The molecular formula is C9H12ClN3O. The quantitative estimate of drug-likeness (QED) is 0.786. The van der Waals surface area contributed by atoms with Crippen LogP contribution in [0, 0.1) is 0 Å². The molecule has 0 aliphatic heterocycles. The monoisotopic (exact) mass is 213 g/mol. The van der Waals surface area contributed by atoms with E-state index < -0.39 is 0 Å². The Morgan fingerprint density at radius 1 is 1.36 bits per heavy atom. The zero-order valence-electron chi connectivity index (χ0n) is 8.02. The number of benzene rings is 1. The Labute approximate surface area is 88.1 Å². The minimum Gasteiger partial charge on any atom is -0.380 e. The van der Waals surface area contributed by atoms with Gasteiger partial charge in [0.2, 0.25) is 0 Å². The van der Waals surface area contributed by atoms with Crippen molar-refractivity contribution >= 4 is 34.9 Å². The van der Waals surface area contributed by atoms with Crippen molar-refractivity contribution in [2.75, 3.05) is 24.7 Å². The molecule has 1 aromatic heterocycles. The van der Waals surface area contributed by atoms with Gasteiger partial charge in [-0.25, -0.2) is 0 Å². The first-order chi connectivity index (χ1) is 6.20. The van der Waals surface area contributed by atoms with Crippen LogP contribution < -0.4 is 10.6 Å². The second-order valence-corrected chi connectivity index (χ2v) is 3.11. The van der Waals surface area contributed by atoms with Crippen molar-refractivity contribution in [2.24, 2.45) is 0 Å². The van der Waals surface area contributed by atoms with Gasteiger partial charge in [-0.15, -0.1) is 12.4 Å². The van der Waals surface area contributed by atoms with E-state index in [1.165, 1.54) is 0 Å². The maximum absolute atomic E-state index is 5.68. The van der Waals surface area contributed by atoms with Gasteiger partial charge in [0.1, 0.15) is 0 Å². The Morgan fingerprint density at radius 2 is 2.07 bits per heavy atom. The number of anilines is 2. The first-order valence-electron chi connectivity index (χ1n) is 4.01. The van der Waals surface area contributed by atoms with Gasteiger partial charge in [0, 0.05) is 14.1 Å². The predicted octanol–water partition coefficient (Wildman–Crippen LogP) is 1.90. The number of halogens is 1. The number of nitrogens with zero attached hydrogens (tertiary/aromatic N) is 2. The summed E-state index contributed by atoms with van der Waals surface area (Å²) >= 11 is 0. The molecule has 2 rings (SSSR count). The summed E-state index contributed by atoms with van der Waals surface area (Å²) in [6, 6.07) is 5.75. The van der Waals surface area contributed by atoms with Crippen LogP contribution in [0.15, 0.2) is 22.7 Å². The summed E-state index contributed by atoms with van der Waals surface area (Å²) in [5, 5.41) is 4.60. The van der Waals surface area contributed by atoms with Crippen LogP contribution in [0.2, 0.25) is 0 Å². The fraction of sp³-hybridized carbons (Fsp3) is 0.222. The molecule has 0 radical (unpaired) electrons. The lowest BCUT2D eigenvalue weighted by atomic mass is 10.2. The van der Waals surface area contributed by atoms with E-state index in [4.69, 9.17) is 10.3 Å². The summed E-state index contributed by atoms with van der Waals surface area (Å²) in [4.78, 5) is 1.98. The van der Waals surface area contributed by atoms with E-state index in [0.29, 0.717) is 5.82 Å². The van der Waals surface area contributed by atoms with Gasteiger partial charge < -0.3 is 15.2 Å². The zero-order chi connectivity index (χ0) is 9.42. The SMILES string of the molecule is CN(C)c1cccc2onc(N)c12.Cl. The lowest BCUT2D eigenvalue weighted by Crippen LogP contribution is -2.09. The minimum atomic E-state index is 0.